The van der Waals surface area contributed by atoms with Crippen molar-refractivity contribution in [1.82, 2.24) is 4.98 Å². The van der Waals surface area contributed by atoms with Crippen LogP contribution in [-0.4, -0.2) is 16.6 Å². The standard InChI is InChI=1S/C16H20N2O/c1-12(2)13-6-8-14(9-7-13)18-11-16(19)15-5-3-4-10-17-15/h3-10,12,16,18-19H,11H2,1-2H3. The molecule has 19 heavy (non-hydrogen) atoms. The van der Waals surface area contributed by atoms with Gasteiger partial charge in [-0.3, -0.25) is 4.98 Å². The normalized spacial score (nSPS) is 12.4. The summed E-state index contributed by atoms with van der Waals surface area (Å²) < 4.78 is 0. The first-order valence-electron chi connectivity index (χ1n) is 6.59. The molecule has 0 saturated heterocycles. The van der Waals surface area contributed by atoms with E-state index in [0.29, 0.717) is 18.2 Å². The Morgan fingerprint density at radius 1 is 1.11 bits per heavy atom. The average Bonchev–Trinajstić information content (AvgIpc) is 2.46. The molecule has 0 spiro atoms. The van der Waals surface area contributed by atoms with E-state index in [0.717, 1.165) is 5.69 Å². The number of aromatic nitrogens is 1. The zero-order valence-corrected chi connectivity index (χ0v) is 11.4. The highest BCUT2D eigenvalue weighted by Gasteiger charge is 2.07. The predicted octanol–water partition coefficient (Wildman–Crippen LogP) is 3.35. The van der Waals surface area contributed by atoms with Gasteiger partial charge in [0.2, 0.25) is 0 Å². The second-order valence-electron chi connectivity index (χ2n) is 4.93. The van der Waals surface area contributed by atoms with Crippen molar-refractivity contribution in [2.75, 3.05) is 11.9 Å². The van der Waals surface area contributed by atoms with Crippen LogP contribution in [0.2, 0.25) is 0 Å². The Hall–Kier alpha value is -1.87. The molecule has 1 unspecified atom stereocenters. The molecule has 0 fully saturated rings. The van der Waals surface area contributed by atoms with E-state index < -0.39 is 6.10 Å². The maximum Gasteiger partial charge on any atom is 0.113 e. The van der Waals surface area contributed by atoms with Crippen molar-refractivity contribution >= 4 is 5.69 Å². The minimum Gasteiger partial charge on any atom is -0.385 e. The lowest BCUT2D eigenvalue weighted by Gasteiger charge is -2.13. The van der Waals surface area contributed by atoms with Gasteiger partial charge >= 0.3 is 0 Å². The summed E-state index contributed by atoms with van der Waals surface area (Å²) in [6.07, 6.45) is 1.10. The lowest BCUT2D eigenvalue weighted by molar-refractivity contribution is 0.187. The van der Waals surface area contributed by atoms with Crippen LogP contribution in [0, 0.1) is 0 Å². The number of pyridine rings is 1. The van der Waals surface area contributed by atoms with Crippen molar-refractivity contribution < 1.29 is 5.11 Å². The topological polar surface area (TPSA) is 45.1 Å². The molecule has 0 amide bonds. The first kappa shape index (κ1) is 13.6. The fourth-order valence-corrected chi connectivity index (χ4v) is 1.88. The van der Waals surface area contributed by atoms with Crippen LogP contribution in [0.4, 0.5) is 5.69 Å². The van der Waals surface area contributed by atoms with E-state index in [9.17, 15) is 5.11 Å². The molecule has 0 bridgehead atoms. The third-order valence-electron chi connectivity index (χ3n) is 3.11. The Balaban J connectivity index is 1.92. The summed E-state index contributed by atoms with van der Waals surface area (Å²) in [5.41, 5.74) is 3.02. The number of nitrogens with one attached hydrogen (secondary N) is 1. The van der Waals surface area contributed by atoms with E-state index in [2.05, 4.69) is 36.3 Å². The summed E-state index contributed by atoms with van der Waals surface area (Å²) in [4.78, 5) is 4.14. The third-order valence-corrected chi connectivity index (χ3v) is 3.11. The van der Waals surface area contributed by atoms with Crippen molar-refractivity contribution in [3.05, 3.63) is 59.9 Å². The first-order valence-corrected chi connectivity index (χ1v) is 6.59. The van der Waals surface area contributed by atoms with Gasteiger partial charge in [-0.2, -0.15) is 0 Å². The molecule has 2 aromatic rings. The summed E-state index contributed by atoms with van der Waals surface area (Å²) in [5.74, 6) is 0.535. The fraction of sp³-hybridized carbons (Fsp3) is 0.312. The van der Waals surface area contributed by atoms with Crippen molar-refractivity contribution in [1.29, 1.82) is 0 Å². The fourth-order valence-electron chi connectivity index (χ4n) is 1.88. The van der Waals surface area contributed by atoms with E-state index in [4.69, 9.17) is 0 Å². The van der Waals surface area contributed by atoms with Crippen molar-refractivity contribution in [2.24, 2.45) is 0 Å². The van der Waals surface area contributed by atoms with E-state index >= 15 is 0 Å². The maximum atomic E-state index is 10.00. The minimum absolute atomic E-state index is 0.456. The van der Waals surface area contributed by atoms with Gasteiger partial charge in [-0.05, 0) is 35.7 Å². The van der Waals surface area contributed by atoms with Gasteiger partial charge in [0.05, 0.1) is 5.69 Å². The van der Waals surface area contributed by atoms with E-state index in [1.165, 1.54) is 5.56 Å². The number of hydrogen-bond donors (Lipinski definition) is 2. The third kappa shape index (κ3) is 3.80. The average molecular weight is 256 g/mol. The van der Waals surface area contributed by atoms with Crippen molar-refractivity contribution in [3.63, 3.8) is 0 Å². The van der Waals surface area contributed by atoms with Crippen LogP contribution in [0.1, 0.15) is 37.1 Å². The second kappa shape index (κ2) is 6.34. The lowest BCUT2D eigenvalue weighted by atomic mass is 10.0. The van der Waals surface area contributed by atoms with Gasteiger partial charge in [-0.15, -0.1) is 0 Å². The van der Waals surface area contributed by atoms with Gasteiger partial charge in [0.15, 0.2) is 0 Å². The highest BCUT2D eigenvalue weighted by molar-refractivity contribution is 5.45. The Bertz CT molecular complexity index is 494. The van der Waals surface area contributed by atoms with Crippen LogP contribution in [0.15, 0.2) is 48.7 Å². The lowest BCUT2D eigenvalue weighted by Crippen LogP contribution is -2.13. The van der Waals surface area contributed by atoms with Gasteiger partial charge in [0.1, 0.15) is 6.10 Å². The molecule has 2 rings (SSSR count). The Labute approximate surface area is 114 Å². The summed E-state index contributed by atoms with van der Waals surface area (Å²) in [7, 11) is 0. The quantitative estimate of drug-likeness (QED) is 0.862. The molecule has 0 aliphatic heterocycles. The number of aliphatic hydroxyl groups excluding tert-OH is 1. The molecule has 0 radical (unpaired) electrons. The summed E-state index contributed by atoms with van der Waals surface area (Å²) in [6, 6.07) is 13.9. The van der Waals surface area contributed by atoms with Crippen LogP contribution in [0.5, 0.6) is 0 Å². The molecule has 0 saturated carbocycles. The van der Waals surface area contributed by atoms with Crippen LogP contribution in [-0.2, 0) is 0 Å². The Kier molecular flexibility index (Phi) is 4.53. The molecule has 1 heterocycles. The van der Waals surface area contributed by atoms with Gasteiger partial charge in [0, 0.05) is 18.4 Å². The molecular weight excluding hydrogens is 236 g/mol. The molecular formula is C16H20N2O. The summed E-state index contributed by atoms with van der Waals surface area (Å²) in [6.45, 7) is 4.80. The van der Waals surface area contributed by atoms with Gasteiger partial charge in [0.25, 0.3) is 0 Å². The zero-order valence-electron chi connectivity index (χ0n) is 11.4. The summed E-state index contributed by atoms with van der Waals surface area (Å²) in [5, 5.41) is 13.2. The largest absolute Gasteiger partial charge is 0.385 e. The monoisotopic (exact) mass is 256 g/mol. The van der Waals surface area contributed by atoms with E-state index in [1.54, 1.807) is 6.20 Å². The predicted molar refractivity (Wildman–Crippen MR) is 78.2 cm³/mol. The van der Waals surface area contributed by atoms with Crippen LogP contribution >= 0.6 is 0 Å². The van der Waals surface area contributed by atoms with Gasteiger partial charge < -0.3 is 10.4 Å². The zero-order chi connectivity index (χ0) is 13.7. The Morgan fingerprint density at radius 2 is 1.84 bits per heavy atom. The number of anilines is 1. The molecule has 3 heteroatoms. The van der Waals surface area contributed by atoms with E-state index in [1.807, 2.05) is 30.3 Å². The Morgan fingerprint density at radius 3 is 2.42 bits per heavy atom. The molecule has 3 nitrogen and oxygen atoms in total. The second-order valence-corrected chi connectivity index (χ2v) is 4.93. The van der Waals surface area contributed by atoms with Crippen molar-refractivity contribution in [3.8, 4) is 0 Å². The first-order chi connectivity index (χ1) is 9.16. The number of benzene rings is 1. The molecule has 1 atom stereocenters. The highest BCUT2D eigenvalue weighted by Crippen LogP contribution is 2.18. The highest BCUT2D eigenvalue weighted by atomic mass is 16.3. The maximum absolute atomic E-state index is 10.00. The van der Waals surface area contributed by atoms with Crippen molar-refractivity contribution in [2.45, 2.75) is 25.9 Å². The molecule has 1 aromatic heterocycles. The molecule has 0 aliphatic carbocycles. The minimum atomic E-state index is -0.592. The molecule has 100 valence electrons. The van der Waals surface area contributed by atoms with Gasteiger partial charge in [-0.25, -0.2) is 0 Å². The smallest absolute Gasteiger partial charge is 0.113 e. The van der Waals surface area contributed by atoms with E-state index in [-0.39, 0.29) is 0 Å². The number of rotatable bonds is 5. The summed E-state index contributed by atoms with van der Waals surface area (Å²) >= 11 is 0. The molecule has 0 aliphatic rings. The number of nitrogens with zero attached hydrogens (tertiary/aromatic N) is 1. The van der Waals surface area contributed by atoms with Crippen LogP contribution in [0.3, 0.4) is 0 Å². The van der Waals surface area contributed by atoms with Crippen LogP contribution in [0.25, 0.3) is 0 Å². The van der Waals surface area contributed by atoms with Crippen LogP contribution < -0.4 is 5.32 Å². The number of hydrogen-bond acceptors (Lipinski definition) is 3. The molecule has 1 aromatic carbocycles. The molecule has 2 N–H and O–H groups in total. The number of aliphatic hydroxyl groups is 1. The van der Waals surface area contributed by atoms with Gasteiger partial charge in [-0.1, -0.05) is 32.0 Å². The SMILES string of the molecule is CC(C)c1ccc(NCC(O)c2ccccn2)cc1.